The molecule has 7 heteroatoms. The molecule has 3 rings (SSSR count). The SMILES string of the molecule is O=C1C(=O)N(C[C@H]2CCCCO2)C(=O)N1Cc1ccco1. The maximum atomic E-state index is 12.2. The molecule has 0 aromatic carbocycles. The fraction of sp³-hybridized carbons (Fsp3) is 0.500. The second-order valence-electron chi connectivity index (χ2n) is 5.16. The summed E-state index contributed by atoms with van der Waals surface area (Å²) in [5.41, 5.74) is 0. The Morgan fingerprint density at radius 2 is 1.95 bits per heavy atom. The van der Waals surface area contributed by atoms with E-state index in [0.29, 0.717) is 12.4 Å². The van der Waals surface area contributed by atoms with Crippen LogP contribution < -0.4 is 0 Å². The predicted molar refractivity (Wildman–Crippen MR) is 70.0 cm³/mol. The van der Waals surface area contributed by atoms with Crippen molar-refractivity contribution in [3.05, 3.63) is 24.2 Å². The molecule has 112 valence electrons. The van der Waals surface area contributed by atoms with Crippen LogP contribution in [0.2, 0.25) is 0 Å². The molecule has 2 aliphatic rings. The lowest BCUT2D eigenvalue weighted by atomic mass is 10.1. The van der Waals surface area contributed by atoms with Gasteiger partial charge in [0.2, 0.25) is 0 Å². The van der Waals surface area contributed by atoms with E-state index in [1.54, 1.807) is 12.1 Å². The number of nitrogens with zero attached hydrogens (tertiary/aromatic N) is 2. The first-order valence-electron chi connectivity index (χ1n) is 6.98. The molecule has 4 amide bonds. The van der Waals surface area contributed by atoms with E-state index in [2.05, 4.69) is 0 Å². The van der Waals surface area contributed by atoms with Crippen molar-refractivity contribution in [2.45, 2.75) is 31.9 Å². The highest BCUT2D eigenvalue weighted by molar-refractivity contribution is 6.44. The zero-order valence-corrected chi connectivity index (χ0v) is 11.5. The fourth-order valence-electron chi connectivity index (χ4n) is 2.56. The second-order valence-corrected chi connectivity index (χ2v) is 5.16. The van der Waals surface area contributed by atoms with Gasteiger partial charge in [0.15, 0.2) is 0 Å². The highest BCUT2D eigenvalue weighted by Crippen LogP contribution is 2.20. The van der Waals surface area contributed by atoms with Gasteiger partial charge in [-0.25, -0.2) is 9.69 Å². The molecule has 1 atom stereocenters. The minimum atomic E-state index is -0.813. The van der Waals surface area contributed by atoms with Gasteiger partial charge in [-0.05, 0) is 31.4 Å². The quantitative estimate of drug-likeness (QED) is 0.614. The second kappa shape index (κ2) is 5.69. The van der Waals surface area contributed by atoms with Gasteiger partial charge >= 0.3 is 17.8 Å². The van der Waals surface area contributed by atoms with Crippen molar-refractivity contribution in [3.63, 3.8) is 0 Å². The smallest absolute Gasteiger partial charge is 0.334 e. The number of imide groups is 2. The molecule has 0 saturated carbocycles. The standard InChI is InChI=1S/C14H16N2O5/c17-12-13(18)16(9-11-5-3-7-21-11)14(19)15(12)8-10-4-1-2-6-20-10/h3,5,7,10H,1-2,4,6,8-9H2/t10-/m1/s1. The number of furan rings is 1. The summed E-state index contributed by atoms with van der Waals surface area (Å²) in [5.74, 6) is -1.15. The van der Waals surface area contributed by atoms with Crippen LogP contribution in [0.4, 0.5) is 4.79 Å². The van der Waals surface area contributed by atoms with Crippen LogP contribution in [-0.4, -0.2) is 46.9 Å². The molecule has 2 aliphatic heterocycles. The molecule has 0 radical (unpaired) electrons. The number of carbonyl (C=O) groups excluding carboxylic acids is 3. The molecule has 3 heterocycles. The molecule has 0 spiro atoms. The molecular formula is C14H16N2O5. The van der Waals surface area contributed by atoms with Crippen molar-refractivity contribution >= 4 is 17.8 Å². The van der Waals surface area contributed by atoms with Crippen molar-refractivity contribution in [1.29, 1.82) is 0 Å². The van der Waals surface area contributed by atoms with Gasteiger partial charge in [0.1, 0.15) is 5.76 Å². The predicted octanol–water partition coefficient (Wildman–Crippen LogP) is 1.14. The van der Waals surface area contributed by atoms with E-state index in [1.165, 1.54) is 6.26 Å². The summed E-state index contributed by atoms with van der Waals surface area (Å²) in [4.78, 5) is 38.0. The Bertz CT molecular complexity index is 548. The van der Waals surface area contributed by atoms with Gasteiger partial charge in [0.05, 0.1) is 25.5 Å². The first kappa shape index (κ1) is 13.8. The Labute approximate surface area is 121 Å². The number of hydrogen-bond donors (Lipinski definition) is 0. The number of ether oxygens (including phenoxy) is 1. The summed E-state index contributed by atoms with van der Waals surface area (Å²) in [6.07, 6.45) is 4.06. The molecule has 21 heavy (non-hydrogen) atoms. The fourth-order valence-corrected chi connectivity index (χ4v) is 2.56. The molecule has 0 unspecified atom stereocenters. The highest BCUT2D eigenvalue weighted by atomic mass is 16.5. The summed E-state index contributed by atoms with van der Waals surface area (Å²) in [6.45, 7) is 0.738. The molecule has 1 aromatic rings. The number of urea groups is 1. The van der Waals surface area contributed by atoms with E-state index in [0.717, 1.165) is 29.1 Å². The van der Waals surface area contributed by atoms with Crippen LogP contribution in [0.25, 0.3) is 0 Å². The monoisotopic (exact) mass is 292 g/mol. The number of carbonyl (C=O) groups is 3. The average Bonchev–Trinajstić information content (AvgIpc) is 3.08. The van der Waals surface area contributed by atoms with Crippen molar-refractivity contribution in [1.82, 2.24) is 9.80 Å². The molecule has 2 fully saturated rings. The van der Waals surface area contributed by atoms with Crippen LogP contribution >= 0.6 is 0 Å². The Hall–Kier alpha value is -2.15. The van der Waals surface area contributed by atoms with E-state index in [9.17, 15) is 14.4 Å². The van der Waals surface area contributed by atoms with Crippen LogP contribution in [0, 0.1) is 0 Å². The van der Waals surface area contributed by atoms with Gasteiger partial charge in [0.25, 0.3) is 0 Å². The number of amides is 4. The summed E-state index contributed by atoms with van der Waals surface area (Å²) < 4.78 is 10.6. The first-order valence-corrected chi connectivity index (χ1v) is 6.98. The lowest BCUT2D eigenvalue weighted by Gasteiger charge is -2.25. The molecule has 2 saturated heterocycles. The minimum absolute atomic E-state index is 0.0293. The molecule has 1 aromatic heterocycles. The molecule has 0 aliphatic carbocycles. The van der Waals surface area contributed by atoms with Gasteiger partial charge in [0, 0.05) is 6.61 Å². The van der Waals surface area contributed by atoms with Gasteiger partial charge in [-0.15, -0.1) is 0 Å². The van der Waals surface area contributed by atoms with Crippen LogP contribution in [0.15, 0.2) is 22.8 Å². The number of hydrogen-bond acceptors (Lipinski definition) is 5. The highest BCUT2D eigenvalue weighted by Gasteiger charge is 2.45. The van der Waals surface area contributed by atoms with E-state index in [-0.39, 0.29) is 19.2 Å². The van der Waals surface area contributed by atoms with Crippen LogP contribution in [0.3, 0.4) is 0 Å². The Kier molecular flexibility index (Phi) is 3.74. The summed E-state index contributed by atoms with van der Waals surface area (Å²) >= 11 is 0. The van der Waals surface area contributed by atoms with Gasteiger partial charge in [-0.2, -0.15) is 0 Å². The van der Waals surface area contributed by atoms with E-state index >= 15 is 0 Å². The largest absolute Gasteiger partial charge is 0.467 e. The third-order valence-corrected chi connectivity index (χ3v) is 3.69. The van der Waals surface area contributed by atoms with Gasteiger partial charge in [-0.3, -0.25) is 14.5 Å². The first-order chi connectivity index (χ1) is 10.2. The van der Waals surface area contributed by atoms with Crippen LogP contribution in [-0.2, 0) is 20.9 Å². The van der Waals surface area contributed by atoms with Gasteiger partial charge in [-0.1, -0.05) is 0 Å². The minimum Gasteiger partial charge on any atom is -0.467 e. The molecule has 0 N–H and O–H groups in total. The van der Waals surface area contributed by atoms with Gasteiger partial charge < -0.3 is 9.15 Å². The maximum Gasteiger partial charge on any atom is 0.334 e. The lowest BCUT2D eigenvalue weighted by Crippen LogP contribution is -2.40. The molecule has 0 bridgehead atoms. The zero-order chi connectivity index (χ0) is 14.8. The number of rotatable bonds is 4. The van der Waals surface area contributed by atoms with Crippen molar-refractivity contribution in [2.24, 2.45) is 0 Å². The van der Waals surface area contributed by atoms with E-state index < -0.39 is 17.8 Å². The topological polar surface area (TPSA) is 80.1 Å². The zero-order valence-electron chi connectivity index (χ0n) is 11.5. The van der Waals surface area contributed by atoms with Crippen molar-refractivity contribution in [2.75, 3.05) is 13.2 Å². The molecule has 7 nitrogen and oxygen atoms in total. The van der Waals surface area contributed by atoms with Crippen LogP contribution in [0.5, 0.6) is 0 Å². The lowest BCUT2D eigenvalue weighted by molar-refractivity contribution is -0.144. The van der Waals surface area contributed by atoms with E-state index in [4.69, 9.17) is 9.15 Å². The van der Waals surface area contributed by atoms with Crippen molar-refractivity contribution in [3.8, 4) is 0 Å². The third kappa shape index (κ3) is 2.69. The summed E-state index contributed by atoms with van der Waals surface area (Å²) in [5, 5.41) is 0. The van der Waals surface area contributed by atoms with Crippen molar-refractivity contribution < 1.29 is 23.5 Å². The Morgan fingerprint density at radius 3 is 2.62 bits per heavy atom. The molecular weight excluding hydrogens is 276 g/mol. The van der Waals surface area contributed by atoms with E-state index in [1.807, 2.05) is 0 Å². The third-order valence-electron chi connectivity index (χ3n) is 3.69. The summed E-state index contributed by atoms with van der Waals surface area (Å²) in [6, 6.07) is 2.71. The van der Waals surface area contributed by atoms with Crippen LogP contribution in [0.1, 0.15) is 25.0 Å². The summed E-state index contributed by atoms with van der Waals surface area (Å²) in [7, 11) is 0. The maximum absolute atomic E-state index is 12.2. The Morgan fingerprint density at radius 1 is 1.14 bits per heavy atom. The Balaban J connectivity index is 1.69. The average molecular weight is 292 g/mol. The normalized spacial score (nSPS) is 23.2.